The van der Waals surface area contributed by atoms with E-state index in [1.54, 1.807) is 36.4 Å². The molecule has 3 aromatic rings. The van der Waals surface area contributed by atoms with Gasteiger partial charge in [0.05, 0.1) is 10.5 Å². The first-order valence-electron chi connectivity index (χ1n) is 11.2. The number of ether oxygens (including phenoxy) is 1. The van der Waals surface area contributed by atoms with Gasteiger partial charge in [-0.2, -0.15) is 4.99 Å². The van der Waals surface area contributed by atoms with Crippen molar-refractivity contribution in [3.63, 3.8) is 0 Å². The monoisotopic (exact) mass is 503 g/mol. The Bertz CT molecular complexity index is 1300. The van der Waals surface area contributed by atoms with E-state index < -0.39 is 5.97 Å². The number of hydrogen-bond acceptors (Lipinski definition) is 6. The van der Waals surface area contributed by atoms with E-state index in [-0.39, 0.29) is 5.91 Å². The molecule has 8 heteroatoms. The minimum atomic E-state index is -0.410. The highest BCUT2D eigenvalue weighted by Crippen LogP contribution is 2.31. The molecule has 5 rings (SSSR count). The maximum atomic E-state index is 12.5. The number of carbonyl (C=O) groups excluding carboxylic acids is 2. The number of carbonyl (C=O) groups is 2. The lowest BCUT2D eigenvalue weighted by atomic mass is 10.2. The number of esters is 1. The second-order valence-electron chi connectivity index (χ2n) is 8.09. The molecule has 1 amide bonds. The lowest BCUT2D eigenvalue weighted by Crippen LogP contribution is -2.47. The van der Waals surface area contributed by atoms with Gasteiger partial charge in [0.25, 0.3) is 5.91 Å². The summed E-state index contributed by atoms with van der Waals surface area (Å²) in [6, 6.07) is 23.8. The zero-order chi connectivity index (χ0) is 24.2. The molecule has 0 radical (unpaired) electrons. The summed E-state index contributed by atoms with van der Waals surface area (Å²) in [5, 5.41) is 1.46. The molecule has 0 N–H and O–H groups in total. The van der Waals surface area contributed by atoms with Gasteiger partial charge in [-0.05, 0) is 65.9 Å². The number of thioether (sulfide) groups is 1. The number of piperazine rings is 1. The fourth-order valence-electron chi connectivity index (χ4n) is 3.89. The third-order valence-electron chi connectivity index (χ3n) is 5.73. The van der Waals surface area contributed by atoms with Crippen LogP contribution >= 0.6 is 23.4 Å². The molecule has 2 heterocycles. The number of benzene rings is 3. The molecule has 6 nitrogen and oxygen atoms in total. The van der Waals surface area contributed by atoms with Crippen LogP contribution in [0.4, 0.5) is 5.69 Å². The van der Waals surface area contributed by atoms with E-state index >= 15 is 0 Å². The molecule has 0 bridgehead atoms. The molecule has 0 unspecified atom stereocenters. The number of hydrogen-bond donors (Lipinski definition) is 0. The van der Waals surface area contributed by atoms with Crippen LogP contribution < -0.4 is 9.64 Å². The van der Waals surface area contributed by atoms with Crippen molar-refractivity contribution >= 4 is 52.2 Å². The van der Waals surface area contributed by atoms with Crippen molar-refractivity contribution in [1.29, 1.82) is 0 Å². The van der Waals surface area contributed by atoms with Gasteiger partial charge in [-0.1, -0.05) is 48.0 Å². The van der Waals surface area contributed by atoms with E-state index in [9.17, 15) is 9.59 Å². The minimum Gasteiger partial charge on any atom is -0.423 e. The number of aliphatic imine (C=N–C) groups is 1. The Hall–Kier alpha value is -3.55. The molecule has 176 valence electrons. The molecule has 35 heavy (non-hydrogen) atoms. The second kappa shape index (κ2) is 10.4. The SMILES string of the molecule is O=C1N=C(N2CCN(c3cccc(Cl)c3)CC2)SC1=Cc1ccc(OC(=O)c2ccccc2)cc1. The predicted octanol–water partition coefficient (Wildman–Crippen LogP) is 5.35. The van der Waals surface area contributed by atoms with E-state index in [2.05, 4.69) is 20.9 Å². The third kappa shape index (κ3) is 5.58. The third-order valence-corrected chi connectivity index (χ3v) is 7.01. The molecule has 1 fully saturated rings. The van der Waals surface area contributed by atoms with Crippen LogP contribution in [0.25, 0.3) is 6.08 Å². The Morgan fingerprint density at radius 3 is 2.34 bits per heavy atom. The van der Waals surface area contributed by atoms with Gasteiger partial charge in [0, 0.05) is 36.9 Å². The highest BCUT2D eigenvalue weighted by atomic mass is 35.5. The number of halogens is 1. The van der Waals surface area contributed by atoms with Crippen molar-refractivity contribution < 1.29 is 14.3 Å². The first-order chi connectivity index (χ1) is 17.0. The highest BCUT2D eigenvalue weighted by Gasteiger charge is 2.28. The molecule has 0 atom stereocenters. The molecule has 0 aromatic heterocycles. The van der Waals surface area contributed by atoms with Crippen LogP contribution in [-0.2, 0) is 4.79 Å². The van der Waals surface area contributed by atoms with Crippen LogP contribution in [0.2, 0.25) is 5.02 Å². The molecule has 2 aliphatic rings. The summed E-state index contributed by atoms with van der Waals surface area (Å²) < 4.78 is 5.42. The van der Waals surface area contributed by atoms with Crippen LogP contribution in [0, 0.1) is 0 Å². The summed E-state index contributed by atoms with van der Waals surface area (Å²) in [6.07, 6.45) is 1.81. The summed E-state index contributed by atoms with van der Waals surface area (Å²) in [5.41, 5.74) is 2.43. The molecule has 1 saturated heterocycles. The first kappa shape index (κ1) is 23.2. The van der Waals surface area contributed by atoms with Gasteiger partial charge in [-0.25, -0.2) is 4.79 Å². The molecule has 0 aliphatic carbocycles. The molecule has 0 saturated carbocycles. The maximum absolute atomic E-state index is 12.5. The number of nitrogens with zero attached hydrogens (tertiary/aromatic N) is 3. The summed E-state index contributed by atoms with van der Waals surface area (Å²) in [4.78, 5) is 34.0. The average Bonchev–Trinajstić information content (AvgIpc) is 3.25. The number of amidine groups is 1. The van der Waals surface area contributed by atoms with Crippen molar-refractivity contribution in [2.45, 2.75) is 0 Å². The summed E-state index contributed by atoms with van der Waals surface area (Å²) in [6.45, 7) is 3.22. The van der Waals surface area contributed by atoms with Crippen molar-refractivity contribution in [2.24, 2.45) is 4.99 Å². The van der Waals surface area contributed by atoms with Gasteiger partial charge in [0.2, 0.25) is 0 Å². The smallest absolute Gasteiger partial charge is 0.343 e. The average molecular weight is 504 g/mol. The largest absolute Gasteiger partial charge is 0.423 e. The van der Waals surface area contributed by atoms with E-state index in [1.165, 1.54) is 11.8 Å². The van der Waals surface area contributed by atoms with Crippen LogP contribution in [0.5, 0.6) is 5.75 Å². The van der Waals surface area contributed by atoms with Crippen molar-refractivity contribution in [1.82, 2.24) is 4.90 Å². The highest BCUT2D eigenvalue weighted by molar-refractivity contribution is 8.18. The topological polar surface area (TPSA) is 62.2 Å². The van der Waals surface area contributed by atoms with Crippen molar-refractivity contribution in [3.05, 3.63) is 99.9 Å². The fourth-order valence-corrected chi connectivity index (χ4v) is 5.04. The van der Waals surface area contributed by atoms with Crippen LogP contribution in [0.1, 0.15) is 15.9 Å². The Morgan fingerprint density at radius 2 is 1.63 bits per heavy atom. The first-order valence-corrected chi connectivity index (χ1v) is 12.4. The van der Waals surface area contributed by atoms with Gasteiger partial charge >= 0.3 is 5.97 Å². The Morgan fingerprint density at radius 1 is 0.914 bits per heavy atom. The minimum absolute atomic E-state index is 0.234. The summed E-state index contributed by atoms with van der Waals surface area (Å²) >= 11 is 7.52. The molecule has 3 aromatic carbocycles. The standard InChI is InChI=1S/C27H22ClN3O3S/c28-21-7-4-8-22(18-21)30-13-15-31(16-14-30)27-29-25(32)24(35-27)17-19-9-11-23(12-10-19)34-26(33)20-5-2-1-3-6-20/h1-12,17-18H,13-16H2. The quantitative estimate of drug-likeness (QED) is 0.271. The maximum Gasteiger partial charge on any atom is 0.343 e. The Balaban J connectivity index is 1.18. The van der Waals surface area contributed by atoms with Crippen molar-refractivity contribution in [3.8, 4) is 5.75 Å². The van der Waals surface area contributed by atoms with Crippen molar-refractivity contribution in [2.75, 3.05) is 31.1 Å². The van der Waals surface area contributed by atoms with Gasteiger partial charge in [-0.15, -0.1) is 0 Å². The molecule has 0 spiro atoms. The number of amides is 1. The lowest BCUT2D eigenvalue weighted by molar-refractivity contribution is -0.113. The molecular weight excluding hydrogens is 482 g/mol. The normalized spacial score (nSPS) is 17.0. The van der Waals surface area contributed by atoms with Gasteiger partial charge in [0.1, 0.15) is 5.75 Å². The van der Waals surface area contributed by atoms with E-state index in [0.29, 0.717) is 16.2 Å². The second-order valence-corrected chi connectivity index (χ2v) is 9.53. The summed E-state index contributed by atoms with van der Waals surface area (Å²) in [7, 11) is 0. The van der Waals surface area contributed by atoms with Crippen LogP contribution in [-0.4, -0.2) is 48.1 Å². The zero-order valence-electron chi connectivity index (χ0n) is 18.8. The molecule has 2 aliphatic heterocycles. The van der Waals surface area contributed by atoms with Gasteiger partial charge < -0.3 is 14.5 Å². The van der Waals surface area contributed by atoms with E-state index in [0.717, 1.165) is 47.6 Å². The lowest BCUT2D eigenvalue weighted by Gasteiger charge is -2.36. The Kier molecular flexibility index (Phi) is 6.88. The van der Waals surface area contributed by atoms with Crippen LogP contribution in [0.3, 0.4) is 0 Å². The predicted molar refractivity (Wildman–Crippen MR) is 141 cm³/mol. The van der Waals surface area contributed by atoms with E-state index in [4.69, 9.17) is 16.3 Å². The van der Waals surface area contributed by atoms with Gasteiger partial charge in [0.15, 0.2) is 5.17 Å². The number of rotatable bonds is 4. The van der Waals surface area contributed by atoms with Gasteiger partial charge in [-0.3, -0.25) is 4.79 Å². The number of anilines is 1. The summed E-state index contributed by atoms with van der Waals surface area (Å²) in [5.74, 6) is -0.200. The van der Waals surface area contributed by atoms with Crippen LogP contribution in [0.15, 0.2) is 88.8 Å². The van der Waals surface area contributed by atoms with E-state index in [1.807, 2.05) is 42.5 Å². The Labute approximate surface area is 212 Å². The fraction of sp³-hybridized carbons (Fsp3) is 0.148. The molecular formula is C27H22ClN3O3S. The zero-order valence-corrected chi connectivity index (χ0v) is 20.3.